The second-order valence-corrected chi connectivity index (χ2v) is 5.02. The number of anilines is 1. The monoisotopic (exact) mass is 283 g/mol. The van der Waals surface area contributed by atoms with Crippen molar-refractivity contribution in [3.63, 3.8) is 0 Å². The number of nitrogens with one attached hydrogen (secondary N) is 1. The van der Waals surface area contributed by atoms with E-state index in [1.807, 2.05) is 12.1 Å². The van der Waals surface area contributed by atoms with E-state index in [1.54, 1.807) is 0 Å². The SMILES string of the molecule is CC(=O)Nc1ccc(CN2CCCC(N)C2)cc1.Cl. The first kappa shape index (κ1) is 16.0. The van der Waals surface area contributed by atoms with Gasteiger partial charge in [0, 0.05) is 31.7 Å². The maximum atomic E-state index is 10.9. The molecule has 1 saturated heterocycles. The lowest BCUT2D eigenvalue weighted by atomic mass is 10.1. The van der Waals surface area contributed by atoms with Gasteiger partial charge in [-0.05, 0) is 37.1 Å². The molecule has 0 bridgehead atoms. The summed E-state index contributed by atoms with van der Waals surface area (Å²) in [6.07, 6.45) is 2.32. The van der Waals surface area contributed by atoms with Crippen LogP contribution in [0.25, 0.3) is 0 Å². The molecule has 1 heterocycles. The zero-order valence-electron chi connectivity index (χ0n) is 11.3. The summed E-state index contributed by atoms with van der Waals surface area (Å²) < 4.78 is 0. The Labute approximate surface area is 120 Å². The Balaban J connectivity index is 0.00000180. The van der Waals surface area contributed by atoms with E-state index < -0.39 is 0 Å². The van der Waals surface area contributed by atoms with Crippen molar-refractivity contribution in [1.82, 2.24) is 4.90 Å². The van der Waals surface area contributed by atoms with E-state index in [0.717, 1.165) is 31.7 Å². The predicted octanol–water partition coefficient (Wildman–Crippen LogP) is 1.99. The molecule has 2 rings (SSSR count). The number of piperidine rings is 1. The normalized spacial score (nSPS) is 19.6. The number of hydrogen-bond acceptors (Lipinski definition) is 3. The quantitative estimate of drug-likeness (QED) is 0.892. The van der Waals surface area contributed by atoms with Crippen molar-refractivity contribution in [3.05, 3.63) is 29.8 Å². The number of carbonyl (C=O) groups is 1. The maximum absolute atomic E-state index is 10.9. The number of amides is 1. The summed E-state index contributed by atoms with van der Waals surface area (Å²) in [5.41, 5.74) is 8.08. The van der Waals surface area contributed by atoms with Crippen LogP contribution in [0.4, 0.5) is 5.69 Å². The van der Waals surface area contributed by atoms with Crippen molar-refractivity contribution >= 4 is 24.0 Å². The van der Waals surface area contributed by atoms with Gasteiger partial charge in [0.25, 0.3) is 0 Å². The lowest BCUT2D eigenvalue weighted by molar-refractivity contribution is -0.114. The fourth-order valence-electron chi connectivity index (χ4n) is 2.39. The average molecular weight is 284 g/mol. The van der Waals surface area contributed by atoms with Gasteiger partial charge in [-0.15, -0.1) is 12.4 Å². The number of likely N-dealkylation sites (tertiary alicyclic amines) is 1. The van der Waals surface area contributed by atoms with Crippen molar-refractivity contribution < 1.29 is 4.79 Å². The Morgan fingerprint density at radius 1 is 1.42 bits per heavy atom. The van der Waals surface area contributed by atoms with E-state index in [0.29, 0.717) is 6.04 Å². The zero-order chi connectivity index (χ0) is 13.0. The Bertz CT molecular complexity index is 408. The molecule has 0 saturated carbocycles. The van der Waals surface area contributed by atoms with Crippen molar-refractivity contribution in [2.75, 3.05) is 18.4 Å². The maximum Gasteiger partial charge on any atom is 0.221 e. The second-order valence-electron chi connectivity index (χ2n) is 5.02. The van der Waals surface area contributed by atoms with Gasteiger partial charge >= 0.3 is 0 Å². The number of benzene rings is 1. The summed E-state index contributed by atoms with van der Waals surface area (Å²) in [6, 6.07) is 8.33. The van der Waals surface area contributed by atoms with Crippen molar-refractivity contribution in [1.29, 1.82) is 0 Å². The molecule has 4 nitrogen and oxygen atoms in total. The highest BCUT2D eigenvalue weighted by atomic mass is 35.5. The van der Waals surface area contributed by atoms with Gasteiger partial charge in [-0.2, -0.15) is 0 Å². The molecule has 5 heteroatoms. The summed E-state index contributed by atoms with van der Waals surface area (Å²) in [4.78, 5) is 13.3. The number of rotatable bonds is 3. The smallest absolute Gasteiger partial charge is 0.221 e. The first-order chi connectivity index (χ1) is 8.63. The van der Waals surface area contributed by atoms with E-state index in [-0.39, 0.29) is 18.3 Å². The first-order valence-corrected chi connectivity index (χ1v) is 6.48. The van der Waals surface area contributed by atoms with E-state index in [9.17, 15) is 4.79 Å². The van der Waals surface area contributed by atoms with Crippen LogP contribution in [0.3, 0.4) is 0 Å². The van der Waals surface area contributed by atoms with E-state index in [1.165, 1.54) is 18.9 Å². The van der Waals surface area contributed by atoms with Crippen molar-refractivity contribution in [2.45, 2.75) is 32.4 Å². The molecule has 106 valence electrons. The van der Waals surface area contributed by atoms with Crippen molar-refractivity contribution in [2.24, 2.45) is 5.73 Å². The Morgan fingerprint density at radius 2 is 2.11 bits per heavy atom. The molecular weight excluding hydrogens is 262 g/mol. The van der Waals surface area contributed by atoms with Crippen LogP contribution in [-0.4, -0.2) is 29.9 Å². The van der Waals surface area contributed by atoms with E-state index in [2.05, 4.69) is 22.3 Å². The van der Waals surface area contributed by atoms with Gasteiger partial charge in [0.05, 0.1) is 0 Å². The minimum absolute atomic E-state index is 0. The van der Waals surface area contributed by atoms with Gasteiger partial charge in [0.1, 0.15) is 0 Å². The Hall–Kier alpha value is -1.10. The van der Waals surface area contributed by atoms with Gasteiger partial charge in [0.15, 0.2) is 0 Å². The second kappa shape index (κ2) is 7.48. The molecule has 1 unspecified atom stereocenters. The molecular formula is C14H22ClN3O. The van der Waals surface area contributed by atoms with Crippen LogP contribution >= 0.6 is 12.4 Å². The van der Waals surface area contributed by atoms with Crippen LogP contribution in [0.1, 0.15) is 25.3 Å². The summed E-state index contributed by atoms with van der Waals surface area (Å²) in [5.74, 6) is -0.0373. The molecule has 1 aliphatic heterocycles. The number of halogens is 1. The summed E-state index contributed by atoms with van der Waals surface area (Å²) >= 11 is 0. The number of nitrogens with zero attached hydrogens (tertiary/aromatic N) is 1. The fraction of sp³-hybridized carbons (Fsp3) is 0.500. The molecule has 1 fully saturated rings. The molecule has 0 radical (unpaired) electrons. The van der Waals surface area contributed by atoms with Crippen LogP contribution in [0.5, 0.6) is 0 Å². The number of hydrogen-bond donors (Lipinski definition) is 2. The molecule has 1 amide bonds. The predicted molar refractivity (Wildman–Crippen MR) is 80.5 cm³/mol. The molecule has 1 aromatic rings. The fourth-order valence-corrected chi connectivity index (χ4v) is 2.39. The highest BCUT2D eigenvalue weighted by Gasteiger charge is 2.16. The van der Waals surface area contributed by atoms with Crippen LogP contribution in [0.15, 0.2) is 24.3 Å². The van der Waals surface area contributed by atoms with Crippen LogP contribution in [0.2, 0.25) is 0 Å². The zero-order valence-corrected chi connectivity index (χ0v) is 12.1. The van der Waals surface area contributed by atoms with Gasteiger partial charge in [-0.25, -0.2) is 0 Å². The van der Waals surface area contributed by atoms with E-state index >= 15 is 0 Å². The highest BCUT2D eigenvalue weighted by Crippen LogP contribution is 2.15. The molecule has 19 heavy (non-hydrogen) atoms. The highest BCUT2D eigenvalue weighted by molar-refractivity contribution is 5.88. The number of nitrogens with two attached hydrogens (primary N) is 1. The molecule has 0 aromatic heterocycles. The third-order valence-corrected chi connectivity index (χ3v) is 3.22. The van der Waals surface area contributed by atoms with E-state index in [4.69, 9.17) is 5.73 Å². The average Bonchev–Trinajstić information content (AvgIpc) is 2.31. The topological polar surface area (TPSA) is 58.4 Å². The minimum Gasteiger partial charge on any atom is -0.327 e. The molecule has 1 aromatic carbocycles. The first-order valence-electron chi connectivity index (χ1n) is 6.48. The lowest BCUT2D eigenvalue weighted by Gasteiger charge is -2.30. The third kappa shape index (κ3) is 5.19. The number of carbonyl (C=O) groups excluding carboxylic acids is 1. The lowest BCUT2D eigenvalue weighted by Crippen LogP contribution is -2.42. The Kier molecular flexibility index (Phi) is 6.28. The molecule has 0 spiro atoms. The molecule has 3 N–H and O–H groups in total. The van der Waals surface area contributed by atoms with Crippen LogP contribution in [-0.2, 0) is 11.3 Å². The van der Waals surface area contributed by atoms with Crippen LogP contribution < -0.4 is 11.1 Å². The molecule has 1 atom stereocenters. The Morgan fingerprint density at radius 3 is 2.68 bits per heavy atom. The standard InChI is InChI=1S/C14H21N3O.ClH/c1-11(18)16-14-6-4-12(5-7-14)9-17-8-2-3-13(15)10-17;/h4-7,13H,2-3,8-10,15H2,1H3,(H,16,18);1H. The van der Waals surface area contributed by atoms with Gasteiger partial charge in [0.2, 0.25) is 5.91 Å². The minimum atomic E-state index is -0.0373. The summed E-state index contributed by atoms with van der Waals surface area (Å²) in [7, 11) is 0. The van der Waals surface area contributed by atoms with Crippen LogP contribution in [0, 0.1) is 0 Å². The van der Waals surface area contributed by atoms with Gasteiger partial charge in [-0.1, -0.05) is 12.1 Å². The summed E-state index contributed by atoms with van der Waals surface area (Å²) in [5, 5.41) is 2.77. The summed E-state index contributed by atoms with van der Waals surface area (Å²) in [6.45, 7) is 4.56. The van der Waals surface area contributed by atoms with Crippen molar-refractivity contribution in [3.8, 4) is 0 Å². The molecule has 0 aliphatic carbocycles. The third-order valence-electron chi connectivity index (χ3n) is 3.22. The molecule has 1 aliphatic rings. The van der Waals surface area contributed by atoms with Gasteiger partial charge in [-0.3, -0.25) is 9.69 Å². The largest absolute Gasteiger partial charge is 0.327 e. The van der Waals surface area contributed by atoms with Gasteiger partial charge < -0.3 is 11.1 Å².